The van der Waals surface area contributed by atoms with Gasteiger partial charge in [-0.15, -0.1) is 0 Å². The Labute approximate surface area is 341 Å². The van der Waals surface area contributed by atoms with Crippen molar-refractivity contribution in [1.29, 1.82) is 0 Å². The van der Waals surface area contributed by atoms with Crippen molar-refractivity contribution >= 4 is 19.8 Å². The lowest BCUT2D eigenvalue weighted by atomic mass is 10.0. The van der Waals surface area contributed by atoms with Crippen molar-refractivity contribution in [2.75, 3.05) is 26.4 Å². The fourth-order valence-electron chi connectivity index (χ4n) is 5.95. The van der Waals surface area contributed by atoms with Crippen LogP contribution >= 0.6 is 7.82 Å². The second kappa shape index (κ2) is 41.1. The number of carboxylic acid groups (broad SMARTS) is 1. The molecule has 0 aromatic heterocycles. The van der Waals surface area contributed by atoms with Crippen LogP contribution in [0.15, 0.2) is 48.6 Å². The lowest BCUT2D eigenvalue weighted by molar-refractivity contribution is -0.154. The molecule has 0 aliphatic rings. The van der Waals surface area contributed by atoms with E-state index in [0.717, 1.165) is 70.6 Å². The summed E-state index contributed by atoms with van der Waals surface area (Å²) in [4.78, 5) is 33.5. The van der Waals surface area contributed by atoms with Crippen molar-refractivity contribution in [2.45, 2.75) is 199 Å². The molecule has 0 aromatic carbocycles. The maximum absolute atomic E-state index is 12.6. The Bertz CT molecular complexity index is 1080. The predicted octanol–water partition coefficient (Wildman–Crippen LogP) is 12.3. The minimum absolute atomic E-state index is 0.0164. The highest BCUT2D eigenvalue weighted by atomic mass is 31.2. The number of esters is 1. The zero-order valence-corrected chi connectivity index (χ0v) is 36.4. The second-order valence-corrected chi connectivity index (χ2v) is 16.3. The molecule has 0 aromatic rings. The fraction of sp³-hybridized carbons (Fsp3) is 0.778. The van der Waals surface area contributed by atoms with E-state index >= 15 is 0 Å². The first-order chi connectivity index (χ1) is 27.2. The number of ether oxygens (including phenoxy) is 2. The Kier molecular flexibility index (Phi) is 39.6. The van der Waals surface area contributed by atoms with Gasteiger partial charge in [0.25, 0.3) is 0 Å². The van der Waals surface area contributed by atoms with Gasteiger partial charge in [-0.2, -0.15) is 0 Å². The number of unbranched alkanes of at least 4 members (excludes halogenated alkanes) is 20. The van der Waals surface area contributed by atoms with Crippen molar-refractivity contribution in [3.8, 4) is 0 Å². The summed E-state index contributed by atoms with van der Waals surface area (Å²) in [5.74, 6) is -1.78. The minimum Gasteiger partial charge on any atom is -0.480 e. The summed E-state index contributed by atoms with van der Waals surface area (Å²) in [5.41, 5.74) is 5.35. The average molecular weight is 812 g/mol. The molecule has 3 unspecified atom stereocenters. The molecule has 0 spiro atoms. The highest BCUT2D eigenvalue weighted by Gasteiger charge is 2.27. The topological polar surface area (TPSA) is 155 Å². The number of hydrogen-bond donors (Lipinski definition) is 3. The van der Waals surface area contributed by atoms with Crippen molar-refractivity contribution in [3.05, 3.63) is 48.6 Å². The molecular weight excluding hydrogens is 729 g/mol. The summed E-state index contributed by atoms with van der Waals surface area (Å²) in [6, 6.07) is -1.47. The van der Waals surface area contributed by atoms with Crippen LogP contribution in [0.3, 0.4) is 0 Å². The van der Waals surface area contributed by atoms with Crippen LogP contribution in [0.5, 0.6) is 0 Å². The number of phosphoric ester groups is 1. The van der Waals surface area contributed by atoms with E-state index in [-0.39, 0.29) is 13.0 Å². The van der Waals surface area contributed by atoms with Crippen LogP contribution in [0, 0.1) is 0 Å². The Hall–Kier alpha value is -2.07. The minimum atomic E-state index is -4.61. The monoisotopic (exact) mass is 812 g/mol. The number of phosphoric acid groups is 1. The standard InChI is InChI=1S/C45H82NO9P/c1-3-5-7-9-11-13-15-16-17-18-19-20-21-22-23-24-25-26-27-29-31-33-35-37-44(47)55-42(40-53-56(50,51)54-41-43(46)45(48)49)39-52-38-36-34-32-30-28-14-12-10-8-6-4-2/h5,7,11,13,16-17,19-20,42-43H,3-4,6,8-10,12,14-15,18,21-41,46H2,1-2H3,(H,48,49)(H,50,51)/b7-5-,13-11-,17-16-,20-19-. The van der Waals surface area contributed by atoms with Gasteiger partial charge in [-0.1, -0.05) is 178 Å². The molecule has 0 aliphatic heterocycles. The van der Waals surface area contributed by atoms with Crippen LogP contribution in [-0.4, -0.2) is 60.5 Å². The van der Waals surface area contributed by atoms with Crippen molar-refractivity contribution in [2.24, 2.45) is 5.73 Å². The molecule has 11 heteroatoms. The maximum atomic E-state index is 12.6. The van der Waals surface area contributed by atoms with Gasteiger partial charge in [0, 0.05) is 13.0 Å². The maximum Gasteiger partial charge on any atom is 0.472 e. The number of carbonyl (C=O) groups excluding carboxylic acids is 1. The molecule has 0 bridgehead atoms. The first-order valence-electron chi connectivity index (χ1n) is 22.2. The van der Waals surface area contributed by atoms with Crippen LogP contribution in [0.4, 0.5) is 0 Å². The normalized spacial score (nSPS) is 14.4. The highest BCUT2D eigenvalue weighted by Crippen LogP contribution is 2.43. The summed E-state index contributed by atoms with van der Waals surface area (Å²) in [7, 11) is -4.61. The zero-order valence-electron chi connectivity index (χ0n) is 35.5. The van der Waals surface area contributed by atoms with Crippen molar-refractivity contribution in [3.63, 3.8) is 0 Å². The molecule has 0 heterocycles. The fourth-order valence-corrected chi connectivity index (χ4v) is 6.73. The Morgan fingerprint density at radius 3 is 1.55 bits per heavy atom. The van der Waals surface area contributed by atoms with E-state index in [1.54, 1.807) is 0 Å². The summed E-state index contributed by atoms with van der Waals surface area (Å²) >= 11 is 0. The van der Waals surface area contributed by atoms with Crippen LogP contribution in [0.2, 0.25) is 0 Å². The molecule has 3 atom stereocenters. The van der Waals surface area contributed by atoms with Crippen LogP contribution in [0.1, 0.15) is 187 Å². The number of aliphatic carboxylic acids is 1. The summed E-state index contributed by atoms with van der Waals surface area (Å²) < 4.78 is 33.3. The van der Waals surface area contributed by atoms with Crippen molar-refractivity contribution in [1.82, 2.24) is 0 Å². The first-order valence-corrected chi connectivity index (χ1v) is 23.7. The van der Waals surface area contributed by atoms with E-state index < -0.39 is 45.1 Å². The van der Waals surface area contributed by atoms with Gasteiger partial charge in [0.2, 0.25) is 0 Å². The predicted molar refractivity (Wildman–Crippen MR) is 231 cm³/mol. The van der Waals surface area contributed by atoms with E-state index in [0.29, 0.717) is 13.0 Å². The number of carbonyl (C=O) groups is 2. The van der Waals surface area contributed by atoms with Gasteiger partial charge >= 0.3 is 19.8 Å². The van der Waals surface area contributed by atoms with Gasteiger partial charge in [-0.25, -0.2) is 4.57 Å². The third-order valence-corrected chi connectivity index (χ3v) is 10.3. The van der Waals surface area contributed by atoms with Crippen LogP contribution in [0.25, 0.3) is 0 Å². The Morgan fingerprint density at radius 1 is 0.589 bits per heavy atom. The van der Waals surface area contributed by atoms with E-state index in [1.165, 1.54) is 89.9 Å². The van der Waals surface area contributed by atoms with Gasteiger partial charge < -0.3 is 25.2 Å². The van der Waals surface area contributed by atoms with Gasteiger partial charge in [0.15, 0.2) is 0 Å². The molecule has 0 rings (SSSR count). The molecule has 0 saturated heterocycles. The average Bonchev–Trinajstić information content (AvgIpc) is 3.18. The Morgan fingerprint density at radius 2 is 1.04 bits per heavy atom. The number of nitrogens with two attached hydrogens (primary N) is 1. The van der Waals surface area contributed by atoms with Crippen molar-refractivity contribution < 1.29 is 42.7 Å². The zero-order chi connectivity index (χ0) is 41.2. The third-order valence-electron chi connectivity index (χ3n) is 9.37. The van der Waals surface area contributed by atoms with E-state index in [4.69, 9.17) is 29.4 Å². The third kappa shape index (κ3) is 40.1. The molecule has 4 N–H and O–H groups in total. The van der Waals surface area contributed by atoms with Gasteiger partial charge in [0.1, 0.15) is 12.1 Å². The molecule has 326 valence electrons. The Balaban J connectivity index is 4.15. The quantitative estimate of drug-likeness (QED) is 0.0235. The highest BCUT2D eigenvalue weighted by molar-refractivity contribution is 7.47. The van der Waals surface area contributed by atoms with Gasteiger partial charge in [0.05, 0.1) is 19.8 Å². The van der Waals surface area contributed by atoms with Gasteiger partial charge in [-0.3, -0.25) is 18.6 Å². The number of carboxylic acids is 1. The smallest absolute Gasteiger partial charge is 0.472 e. The first kappa shape index (κ1) is 53.9. The van der Waals surface area contributed by atoms with Crippen LogP contribution < -0.4 is 5.73 Å². The number of rotatable bonds is 42. The van der Waals surface area contributed by atoms with Gasteiger partial charge in [-0.05, 0) is 51.4 Å². The molecule has 0 fully saturated rings. The largest absolute Gasteiger partial charge is 0.480 e. The molecular formula is C45H82NO9P. The lowest BCUT2D eigenvalue weighted by Crippen LogP contribution is -2.34. The summed E-state index contributed by atoms with van der Waals surface area (Å²) in [5, 5.41) is 8.89. The molecule has 0 saturated carbocycles. The van der Waals surface area contributed by atoms with E-state index in [9.17, 15) is 19.0 Å². The second-order valence-electron chi connectivity index (χ2n) is 14.8. The molecule has 0 amide bonds. The lowest BCUT2D eigenvalue weighted by Gasteiger charge is -2.20. The number of allylic oxidation sites excluding steroid dienone is 8. The van der Waals surface area contributed by atoms with Crippen LogP contribution in [-0.2, 0) is 32.7 Å². The molecule has 0 aliphatic carbocycles. The number of hydrogen-bond acceptors (Lipinski definition) is 8. The summed E-state index contributed by atoms with van der Waals surface area (Å²) in [6.45, 7) is 3.76. The molecule has 10 nitrogen and oxygen atoms in total. The van der Waals surface area contributed by atoms with E-state index in [2.05, 4.69) is 62.5 Å². The summed E-state index contributed by atoms with van der Waals surface area (Å²) in [6.07, 6.45) is 47.3. The SMILES string of the molecule is CC/C=C\C/C=C\C/C=C\C/C=C\CCCCCCCCCCCCC(=O)OC(COCCCCCCCCCCCCC)COP(=O)(O)OCC(N)C(=O)O. The van der Waals surface area contributed by atoms with E-state index in [1.807, 2.05) is 0 Å². The molecule has 56 heavy (non-hydrogen) atoms. The molecule has 0 radical (unpaired) electrons.